The second-order valence-corrected chi connectivity index (χ2v) is 8.78. The van der Waals surface area contributed by atoms with Gasteiger partial charge in [-0.25, -0.2) is 4.79 Å². The average molecular weight is 411 g/mol. The molecule has 1 atom stereocenters. The molecule has 8 nitrogen and oxygen atoms in total. The number of carbonyl (C=O) groups is 1. The molecule has 28 heavy (non-hydrogen) atoms. The van der Waals surface area contributed by atoms with E-state index in [4.69, 9.17) is 13.9 Å². The van der Waals surface area contributed by atoms with E-state index in [-0.39, 0.29) is 12.2 Å². The summed E-state index contributed by atoms with van der Waals surface area (Å²) in [5.41, 5.74) is 0.303. The molecule has 0 aromatic heterocycles. The Morgan fingerprint density at radius 2 is 1.82 bits per heavy atom. The predicted octanol–water partition coefficient (Wildman–Crippen LogP) is 3.63. The van der Waals surface area contributed by atoms with Crippen LogP contribution in [0.15, 0.2) is 35.3 Å². The molecule has 1 saturated heterocycles. The summed E-state index contributed by atoms with van der Waals surface area (Å²) in [6.07, 6.45) is 1.19. The van der Waals surface area contributed by atoms with Gasteiger partial charge in [0.2, 0.25) is 0 Å². The topological polar surface area (TPSA) is 89.5 Å². The zero-order valence-corrected chi connectivity index (χ0v) is 17.9. The van der Waals surface area contributed by atoms with Gasteiger partial charge >= 0.3 is 13.6 Å². The summed E-state index contributed by atoms with van der Waals surface area (Å²) >= 11 is 0. The predicted molar refractivity (Wildman–Crippen MR) is 109 cm³/mol. The molecule has 0 aliphatic carbocycles. The molecule has 9 heteroatoms. The first-order chi connectivity index (χ1) is 13.4. The molecule has 0 radical (unpaired) electrons. The smallest absolute Gasteiger partial charge is 0.323 e. The van der Waals surface area contributed by atoms with Crippen LogP contribution in [-0.4, -0.2) is 55.5 Å². The minimum atomic E-state index is -3.22. The molecule has 0 saturated carbocycles. The molecule has 1 aromatic carbocycles. The number of aliphatic imine (C=N–C) groups is 1. The fraction of sp³-hybridized carbons (Fsp3) is 0.579. The molecule has 156 valence electrons. The van der Waals surface area contributed by atoms with Gasteiger partial charge in [-0.3, -0.25) is 14.4 Å². The van der Waals surface area contributed by atoms with Crippen LogP contribution >= 0.6 is 7.60 Å². The molecule has 1 aliphatic rings. The van der Waals surface area contributed by atoms with Crippen molar-refractivity contribution in [1.29, 1.82) is 0 Å². The lowest BCUT2D eigenvalue weighted by Crippen LogP contribution is -2.45. The van der Waals surface area contributed by atoms with Gasteiger partial charge in [-0.2, -0.15) is 5.06 Å². The van der Waals surface area contributed by atoms with Gasteiger partial charge in [0.1, 0.15) is 0 Å². The fourth-order valence-corrected chi connectivity index (χ4v) is 4.96. The van der Waals surface area contributed by atoms with Crippen molar-refractivity contribution in [3.8, 4) is 0 Å². The van der Waals surface area contributed by atoms with Crippen molar-refractivity contribution < 1.29 is 23.2 Å². The lowest BCUT2D eigenvalue weighted by Gasteiger charge is -2.26. The molecule has 0 spiro atoms. The highest BCUT2D eigenvalue weighted by Crippen LogP contribution is 2.49. The van der Waals surface area contributed by atoms with E-state index < -0.39 is 13.1 Å². The maximum Gasteiger partial charge on any atom is 0.348 e. The van der Waals surface area contributed by atoms with Crippen molar-refractivity contribution in [2.45, 2.75) is 39.2 Å². The maximum absolute atomic E-state index is 12.8. The third kappa shape index (κ3) is 5.64. The molecule has 1 N–H and O–H groups in total. The van der Waals surface area contributed by atoms with Crippen LogP contribution in [0.1, 0.15) is 32.8 Å². The third-order valence-electron chi connectivity index (χ3n) is 4.46. The van der Waals surface area contributed by atoms with E-state index in [1.54, 1.807) is 20.9 Å². The summed E-state index contributed by atoms with van der Waals surface area (Å²) in [5.74, 6) is 0.449. The molecule has 1 unspecified atom stereocenters. The standard InChI is InChI=1S/C19H30N3O5P/c1-5-26-28(24,27-6-2)15-13-19(3)17(20-4)22(18(23)21-19)25-14-12-16-10-8-7-9-11-16/h7-11H,5-6,12-15H2,1-4H3,(H,21,23). The average Bonchev–Trinajstić information content (AvgIpc) is 2.91. The highest BCUT2D eigenvalue weighted by atomic mass is 31.2. The van der Waals surface area contributed by atoms with E-state index in [0.717, 1.165) is 5.56 Å². The van der Waals surface area contributed by atoms with Crippen LogP contribution in [0.3, 0.4) is 0 Å². The number of urea groups is 1. The fourth-order valence-electron chi connectivity index (χ4n) is 3.11. The van der Waals surface area contributed by atoms with Crippen molar-refractivity contribution in [2.24, 2.45) is 4.99 Å². The summed E-state index contributed by atoms with van der Waals surface area (Å²) in [5, 5.41) is 4.08. The number of nitrogens with one attached hydrogen (secondary N) is 1. The molecule has 1 aromatic rings. The van der Waals surface area contributed by atoms with E-state index in [2.05, 4.69) is 10.3 Å². The van der Waals surface area contributed by atoms with Crippen LogP contribution in [-0.2, 0) is 24.9 Å². The Labute approximate surface area is 166 Å². The van der Waals surface area contributed by atoms with Crippen molar-refractivity contribution in [3.05, 3.63) is 35.9 Å². The Morgan fingerprint density at radius 1 is 1.18 bits per heavy atom. The maximum atomic E-state index is 12.8. The first kappa shape index (κ1) is 22.6. The molecular weight excluding hydrogens is 381 g/mol. The number of benzene rings is 1. The van der Waals surface area contributed by atoms with Gasteiger partial charge in [0.25, 0.3) is 0 Å². The second-order valence-electron chi connectivity index (χ2n) is 6.59. The first-order valence-electron chi connectivity index (χ1n) is 9.52. The van der Waals surface area contributed by atoms with E-state index in [9.17, 15) is 9.36 Å². The zero-order valence-electron chi connectivity index (χ0n) is 17.0. The highest BCUT2D eigenvalue weighted by Gasteiger charge is 2.47. The van der Waals surface area contributed by atoms with Crippen molar-refractivity contribution in [1.82, 2.24) is 10.4 Å². The number of hydrogen-bond acceptors (Lipinski definition) is 6. The monoisotopic (exact) mass is 411 g/mol. The van der Waals surface area contributed by atoms with Crippen molar-refractivity contribution in [2.75, 3.05) is 33.0 Å². The Kier molecular flexibility index (Phi) is 8.19. The quantitative estimate of drug-likeness (QED) is 0.562. The SMILES string of the molecule is CCOP(=O)(CCC1(C)NC(=O)N(OCCc2ccccc2)C1=NC)OCC. The number of amidine groups is 1. The van der Waals surface area contributed by atoms with Gasteiger partial charge in [0.15, 0.2) is 5.84 Å². The number of carbonyl (C=O) groups excluding carboxylic acids is 1. The summed E-state index contributed by atoms with van der Waals surface area (Å²) < 4.78 is 23.5. The molecule has 0 bridgehead atoms. The van der Waals surface area contributed by atoms with Gasteiger partial charge in [-0.15, -0.1) is 0 Å². The summed E-state index contributed by atoms with van der Waals surface area (Å²) in [6.45, 7) is 6.30. The number of nitrogens with zero attached hydrogens (tertiary/aromatic N) is 2. The Bertz CT molecular complexity index is 718. The Balaban J connectivity index is 2.01. The lowest BCUT2D eigenvalue weighted by atomic mass is 9.99. The van der Waals surface area contributed by atoms with Crippen LogP contribution in [0.2, 0.25) is 0 Å². The zero-order chi connectivity index (χ0) is 20.6. The van der Waals surface area contributed by atoms with E-state index in [1.165, 1.54) is 5.06 Å². The molecule has 1 fully saturated rings. The first-order valence-corrected chi connectivity index (χ1v) is 11.2. The van der Waals surface area contributed by atoms with Crippen LogP contribution in [0.5, 0.6) is 0 Å². The Morgan fingerprint density at radius 3 is 2.39 bits per heavy atom. The van der Waals surface area contributed by atoms with Crippen LogP contribution in [0, 0.1) is 0 Å². The van der Waals surface area contributed by atoms with Gasteiger partial charge in [0, 0.05) is 7.05 Å². The number of hydrogen-bond donors (Lipinski definition) is 1. The number of hydroxylamine groups is 2. The van der Waals surface area contributed by atoms with Crippen molar-refractivity contribution in [3.63, 3.8) is 0 Å². The van der Waals surface area contributed by atoms with Gasteiger partial charge in [-0.1, -0.05) is 30.3 Å². The van der Waals surface area contributed by atoms with E-state index in [1.807, 2.05) is 37.3 Å². The molecule has 1 aliphatic heterocycles. The lowest BCUT2D eigenvalue weighted by molar-refractivity contribution is -0.0548. The molecule has 1 heterocycles. The minimum Gasteiger partial charge on any atom is -0.323 e. The number of amides is 2. The molecule has 2 amide bonds. The van der Waals surface area contributed by atoms with Crippen LogP contribution in [0.25, 0.3) is 0 Å². The van der Waals surface area contributed by atoms with Gasteiger partial charge in [-0.05, 0) is 39.2 Å². The van der Waals surface area contributed by atoms with E-state index in [0.29, 0.717) is 38.5 Å². The molecular formula is C19H30N3O5P. The molecule has 2 rings (SSSR count). The normalized spacial score (nSPS) is 21.4. The van der Waals surface area contributed by atoms with Gasteiger partial charge in [0.05, 0.1) is 31.5 Å². The summed E-state index contributed by atoms with van der Waals surface area (Å²) in [4.78, 5) is 22.4. The largest absolute Gasteiger partial charge is 0.348 e. The second kappa shape index (κ2) is 10.2. The third-order valence-corrected chi connectivity index (χ3v) is 6.53. The van der Waals surface area contributed by atoms with Gasteiger partial charge < -0.3 is 14.4 Å². The van der Waals surface area contributed by atoms with Crippen LogP contribution in [0.4, 0.5) is 4.79 Å². The van der Waals surface area contributed by atoms with E-state index >= 15 is 0 Å². The summed E-state index contributed by atoms with van der Waals surface area (Å²) in [6, 6.07) is 9.50. The van der Waals surface area contributed by atoms with Crippen molar-refractivity contribution >= 4 is 19.5 Å². The Hall–Kier alpha value is -1.73. The van der Waals surface area contributed by atoms with Crippen LogP contribution < -0.4 is 5.32 Å². The minimum absolute atomic E-state index is 0.169. The highest BCUT2D eigenvalue weighted by molar-refractivity contribution is 7.53. The summed E-state index contributed by atoms with van der Waals surface area (Å²) in [7, 11) is -1.61. The number of rotatable bonds is 11.